The summed E-state index contributed by atoms with van der Waals surface area (Å²) in [5, 5.41) is 0. The molecule has 0 aliphatic carbocycles. The molecule has 0 fully saturated rings. The summed E-state index contributed by atoms with van der Waals surface area (Å²) in [5.41, 5.74) is 0.753. The lowest BCUT2D eigenvalue weighted by atomic mass is 9.97. The molecule has 1 nitrogen and oxygen atoms in total. The van der Waals surface area contributed by atoms with Crippen molar-refractivity contribution in [1.29, 1.82) is 0 Å². The van der Waals surface area contributed by atoms with Crippen LogP contribution in [0.15, 0.2) is 37.4 Å². The van der Waals surface area contributed by atoms with Gasteiger partial charge in [0.25, 0.3) is 0 Å². The van der Waals surface area contributed by atoms with Gasteiger partial charge in [0.15, 0.2) is 0 Å². The van der Waals surface area contributed by atoms with Gasteiger partial charge in [0.05, 0.1) is 0 Å². The van der Waals surface area contributed by atoms with Crippen molar-refractivity contribution in [2.24, 2.45) is 0 Å². The van der Waals surface area contributed by atoms with Gasteiger partial charge in [-0.2, -0.15) is 0 Å². The quantitative estimate of drug-likeness (QED) is 0.705. The van der Waals surface area contributed by atoms with Gasteiger partial charge in [-0.15, -0.1) is 19.8 Å². The molecule has 0 aromatic heterocycles. The van der Waals surface area contributed by atoms with Crippen molar-refractivity contribution >= 4 is 6.08 Å². The molecule has 0 heterocycles. The highest BCUT2D eigenvalue weighted by molar-refractivity contribution is 5.59. The highest BCUT2D eigenvalue weighted by atomic mass is 19.4. The standard InChI is InChI=1S/C13H13F3O/c1-4-9(3)11-8-6-7-10(5-2)12(11)17-13(14,15)16/h4-9H,1-2H2,3H3. The van der Waals surface area contributed by atoms with Gasteiger partial charge in [0.1, 0.15) is 5.75 Å². The van der Waals surface area contributed by atoms with E-state index in [0.29, 0.717) is 11.1 Å². The van der Waals surface area contributed by atoms with Crippen molar-refractivity contribution in [2.75, 3.05) is 0 Å². The average molecular weight is 242 g/mol. The van der Waals surface area contributed by atoms with E-state index in [1.165, 1.54) is 12.1 Å². The second-order valence-corrected chi connectivity index (χ2v) is 3.54. The molecule has 0 aliphatic rings. The lowest BCUT2D eigenvalue weighted by Gasteiger charge is -2.17. The molecular weight excluding hydrogens is 229 g/mol. The van der Waals surface area contributed by atoms with Crippen LogP contribution in [0, 0.1) is 0 Å². The second-order valence-electron chi connectivity index (χ2n) is 3.54. The summed E-state index contributed by atoms with van der Waals surface area (Å²) < 4.78 is 41.0. The van der Waals surface area contributed by atoms with E-state index in [9.17, 15) is 13.2 Å². The van der Waals surface area contributed by atoms with Gasteiger partial charge in [-0.1, -0.05) is 43.9 Å². The topological polar surface area (TPSA) is 9.23 Å². The lowest BCUT2D eigenvalue weighted by molar-refractivity contribution is -0.275. The Morgan fingerprint density at radius 2 is 1.94 bits per heavy atom. The lowest BCUT2D eigenvalue weighted by Crippen LogP contribution is -2.19. The Morgan fingerprint density at radius 3 is 2.41 bits per heavy atom. The number of hydrogen-bond acceptors (Lipinski definition) is 1. The first-order valence-corrected chi connectivity index (χ1v) is 5.02. The van der Waals surface area contributed by atoms with Gasteiger partial charge >= 0.3 is 6.36 Å². The summed E-state index contributed by atoms with van der Waals surface area (Å²) in [4.78, 5) is 0. The van der Waals surface area contributed by atoms with Crippen molar-refractivity contribution in [2.45, 2.75) is 19.2 Å². The van der Waals surface area contributed by atoms with Crippen molar-refractivity contribution < 1.29 is 17.9 Å². The largest absolute Gasteiger partial charge is 0.573 e. The smallest absolute Gasteiger partial charge is 0.405 e. The molecule has 0 saturated heterocycles. The first-order chi connectivity index (χ1) is 7.89. The molecule has 0 spiro atoms. The Hall–Kier alpha value is -1.71. The molecule has 4 heteroatoms. The minimum absolute atomic E-state index is 0.206. The van der Waals surface area contributed by atoms with Crippen molar-refractivity contribution in [3.63, 3.8) is 0 Å². The first-order valence-electron chi connectivity index (χ1n) is 5.02. The SMILES string of the molecule is C=Cc1cccc(C(C)C=C)c1OC(F)(F)F. The van der Waals surface area contributed by atoms with E-state index < -0.39 is 6.36 Å². The van der Waals surface area contributed by atoms with E-state index in [0.717, 1.165) is 0 Å². The van der Waals surface area contributed by atoms with E-state index in [1.54, 1.807) is 25.1 Å². The average Bonchev–Trinajstić information content (AvgIpc) is 2.26. The van der Waals surface area contributed by atoms with Crippen LogP contribution in [0.4, 0.5) is 13.2 Å². The third-order valence-electron chi connectivity index (χ3n) is 2.36. The van der Waals surface area contributed by atoms with Crippen LogP contribution in [0.25, 0.3) is 6.08 Å². The van der Waals surface area contributed by atoms with E-state index in [1.807, 2.05) is 0 Å². The fourth-order valence-corrected chi connectivity index (χ4v) is 1.45. The van der Waals surface area contributed by atoms with Gasteiger partial charge in [0.2, 0.25) is 0 Å². The van der Waals surface area contributed by atoms with Gasteiger partial charge in [-0.25, -0.2) is 0 Å². The van der Waals surface area contributed by atoms with E-state index in [2.05, 4.69) is 17.9 Å². The maximum Gasteiger partial charge on any atom is 0.573 e. The minimum Gasteiger partial charge on any atom is -0.405 e. The van der Waals surface area contributed by atoms with Crippen LogP contribution in [-0.2, 0) is 0 Å². The molecule has 0 bridgehead atoms. The molecule has 0 aliphatic heterocycles. The summed E-state index contributed by atoms with van der Waals surface area (Å²) in [6.45, 7) is 8.79. The summed E-state index contributed by atoms with van der Waals surface area (Å²) in [7, 11) is 0. The Bertz CT molecular complexity index is 421. The maximum absolute atomic E-state index is 12.3. The van der Waals surface area contributed by atoms with E-state index in [4.69, 9.17) is 0 Å². The molecule has 1 aromatic carbocycles. The molecule has 1 aromatic rings. The molecular formula is C13H13F3O. The molecule has 0 radical (unpaired) electrons. The number of ether oxygens (including phenoxy) is 1. The van der Waals surface area contributed by atoms with E-state index >= 15 is 0 Å². The van der Waals surface area contributed by atoms with Crippen LogP contribution in [0.5, 0.6) is 5.75 Å². The number of para-hydroxylation sites is 1. The van der Waals surface area contributed by atoms with Crippen LogP contribution in [0.1, 0.15) is 24.0 Å². The van der Waals surface area contributed by atoms with Crippen molar-refractivity contribution in [3.05, 3.63) is 48.6 Å². The molecule has 1 atom stereocenters. The fraction of sp³-hybridized carbons (Fsp3) is 0.231. The molecule has 17 heavy (non-hydrogen) atoms. The number of hydrogen-bond donors (Lipinski definition) is 0. The van der Waals surface area contributed by atoms with Crippen LogP contribution in [0.3, 0.4) is 0 Å². The zero-order valence-corrected chi connectivity index (χ0v) is 9.42. The Morgan fingerprint density at radius 1 is 1.29 bits per heavy atom. The van der Waals surface area contributed by atoms with Gasteiger partial charge < -0.3 is 4.74 Å². The highest BCUT2D eigenvalue weighted by Gasteiger charge is 2.33. The number of halogens is 3. The van der Waals surface area contributed by atoms with Crippen LogP contribution in [0.2, 0.25) is 0 Å². The second kappa shape index (κ2) is 5.08. The van der Waals surface area contributed by atoms with Crippen molar-refractivity contribution in [1.82, 2.24) is 0 Å². The molecule has 92 valence electrons. The number of allylic oxidation sites excluding steroid dienone is 1. The van der Waals surface area contributed by atoms with Gasteiger partial charge in [-0.05, 0) is 0 Å². The van der Waals surface area contributed by atoms with Gasteiger partial charge in [0, 0.05) is 17.0 Å². The molecule has 1 unspecified atom stereocenters. The first kappa shape index (κ1) is 13.4. The molecule has 0 N–H and O–H groups in total. The molecule has 1 rings (SSSR count). The fourth-order valence-electron chi connectivity index (χ4n) is 1.45. The number of rotatable bonds is 4. The molecule has 0 saturated carbocycles. The van der Waals surface area contributed by atoms with E-state index in [-0.39, 0.29) is 11.7 Å². The molecule has 0 amide bonds. The van der Waals surface area contributed by atoms with Crippen LogP contribution in [-0.4, -0.2) is 6.36 Å². The maximum atomic E-state index is 12.3. The summed E-state index contributed by atoms with van der Waals surface area (Å²) in [5.74, 6) is -0.436. The third kappa shape index (κ3) is 3.37. The highest BCUT2D eigenvalue weighted by Crippen LogP contribution is 2.35. The summed E-state index contributed by atoms with van der Waals surface area (Å²) in [6.07, 6.45) is -1.82. The van der Waals surface area contributed by atoms with Crippen LogP contribution >= 0.6 is 0 Å². The Balaban J connectivity index is 3.30. The number of benzene rings is 1. The van der Waals surface area contributed by atoms with Crippen molar-refractivity contribution in [3.8, 4) is 5.75 Å². The minimum atomic E-state index is -4.71. The monoisotopic (exact) mass is 242 g/mol. The predicted molar refractivity (Wildman–Crippen MR) is 61.8 cm³/mol. The summed E-state index contributed by atoms with van der Waals surface area (Å²) >= 11 is 0. The Kier molecular flexibility index (Phi) is 3.99. The normalized spacial score (nSPS) is 12.9. The predicted octanol–water partition coefficient (Wildman–Crippen LogP) is 4.52. The Labute approximate surface area is 98.2 Å². The third-order valence-corrected chi connectivity index (χ3v) is 2.36. The van der Waals surface area contributed by atoms with Gasteiger partial charge in [-0.3, -0.25) is 0 Å². The summed E-state index contributed by atoms with van der Waals surface area (Å²) in [6, 6.07) is 4.77. The number of alkyl halides is 3. The zero-order chi connectivity index (χ0) is 13.1. The zero-order valence-electron chi connectivity index (χ0n) is 9.42. The van der Waals surface area contributed by atoms with Crippen LogP contribution < -0.4 is 4.74 Å².